The summed E-state index contributed by atoms with van der Waals surface area (Å²) < 4.78 is 17.5. The summed E-state index contributed by atoms with van der Waals surface area (Å²) in [4.78, 5) is 27.5. The van der Waals surface area contributed by atoms with Crippen LogP contribution in [0.5, 0.6) is 11.5 Å². The van der Waals surface area contributed by atoms with E-state index in [4.69, 9.17) is 14.2 Å². The van der Waals surface area contributed by atoms with Crippen LogP contribution >= 0.6 is 15.9 Å². The Bertz CT molecular complexity index is 1400. The smallest absolute Gasteiger partial charge is 0.363 e. The number of nitro benzene ring substituents is 1. The van der Waals surface area contributed by atoms with E-state index in [9.17, 15) is 14.9 Å². The highest BCUT2D eigenvalue weighted by Gasteiger charge is 2.27. The van der Waals surface area contributed by atoms with E-state index in [1.165, 1.54) is 19.2 Å². The Labute approximate surface area is 210 Å². The number of rotatable bonds is 7. The molecule has 0 saturated heterocycles. The van der Waals surface area contributed by atoms with Crippen LogP contribution in [0.25, 0.3) is 6.08 Å². The molecular formula is C26H21BrN2O6. The lowest BCUT2D eigenvalue weighted by atomic mass is 10.1. The molecule has 0 amide bonds. The Kier molecular flexibility index (Phi) is 6.97. The van der Waals surface area contributed by atoms with Crippen molar-refractivity contribution in [2.75, 3.05) is 7.11 Å². The number of aliphatic imine (C=N–C) groups is 1. The molecule has 0 spiro atoms. The fourth-order valence-electron chi connectivity index (χ4n) is 3.66. The fourth-order valence-corrected chi connectivity index (χ4v) is 4.23. The van der Waals surface area contributed by atoms with Gasteiger partial charge >= 0.3 is 5.97 Å². The van der Waals surface area contributed by atoms with Gasteiger partial charge in [-0.15, -0.1) is 0 Å². The van der Waals surface area contributed by atoms with E-state index >= 15 is 0 Å². The third-order valence-corrected chi connectivity index (χ3v) is 5.96. The number of hydrogen-bond donors (Lipinski definition) is 0. The second-order valence-electron chi connectivity index (χ2n) is 7.85. The zero-order valence-corrected chi connectivity index (χ0v) is 20.8. The van der Waals surface area contributed by atoms with Crippen LogP contribution in [0.1, 0.15) is 27.8 Å². The normalized spacial score (nSPS) is 14.0. The van der Waals surface area contributed by atoms with Crippen LogP contribution in [-0.2, 0) is 16.1 Å². The summed E-state index contributed by atoms with van der Waals surface area (Å²) in [6, 6.07) is 16.1. The fraction of sp³-hybridized carbons (Fsp3) is 0.154. The number of carbonyl (C=O) groups excluding carboxylic acids is 1. The average Bonchev–Trinajstić information content (AvgIpc) is 3.17. The maximum atomic E-state index is 12.5. The SMILES string of the molecule is COc1cc(/C=C2\N=C(c3cccc([N+](=O)[O-])c3C)OC2=O)cc(Br)c1OCc1cccc(C)c1. The lowest BCUT2D eigenvalue weighted by Gasteiger charge is -2.14. The van der Waals surface area contributed by atoms with E-state index in [0.717, 1.165) is 11.1 Å². The molecule has 1 aliphatic heterocycles. The molecule has 0 saturated carbocycles. The molecule has 0 fully saturated rings. The molecule has 0 aliphatic carbocycles. The van der Waals surface area contributed by atoms with Gasteiger partial charge in [-0.1, -0.05) is 35.9 Å². The molecule has 1 heterocycles. The molecule has 35 heavy (non-hydrogen) atoms. The van der Waals surface area contributed by atoms with Crippen LogP contribution in [0.4, 0.5) is 5.69 Å². The van der Waals surface area contributed by atoms with Gasteiger partial charge in [-0.05, 0) is 65.2 Å². The Hall–Kier alpha value is -3.98. The minimum atomic E-state index is -0.652. The maximum absolute atomic E-state index is 12.5. The maximum Gasteiger partial charge on any atom is 0.363 e. The first-order valence-corrected chi connectivity index (χ1v) is 11.4. The summed E-state index contributed by atoms with van der Waals surface area (Å²) >= 11 is 3.52. The predicted molar refractivity (Wildman–Crippen MR) is 135 cm³/mol. The van der Waals surface area contributed by atoms with Gasteiger partial charge in [-0.3, -0.25) is 10.1 Å². The number of esters is 1. The number of ether oxygens (including phenoxy) is 3. The molecule has 4 rings (SSSR count). The predicted octanol–water partition coefficient (Wildman–Crippen LogP) is 5.91. The molecule has 0 radical (unpaired) electrons. The second-order valence-corrected chi connectivity index (χ2v) is 8.71. The molecule has 0 aromatic heterocycles. The van der Waals surface area contributed by atoms with Crippen molar-refractivity contribution in [3.63, 3.8) is 0 Å². The van der Waals surface area contributed by atoms with E-state index in [2.05, 4.69) is 20.9 Å². The van der Waals surface area contributed by atoms with Crippen molar-refractivity contribution in [2.24, 2.45) is 4.99 Å². The molecule has 178 valence electrons. The van der Waals surface area contributed by atoms with Crippen molar-refractivity contribution < 1.29 is 23.9 Å². The first-order chi connectivity index (χ1) is 16.8. The molecule has 8 nitrogen and oxygen atoms in total. The summed E-state index contributed by atoms with van der Waals surface area (Å²) in [6.07, 6.45) is 1.56. The van der Waals surface area contributed by atoms with Crippen molar-refractivity contribution in [3.05, 3.63) is 103 Å². The van der Waals surface area contributed by atoms with E-state index < -0.39 is 10.9 Å². The summed E-state index contributed by atoms with van der Waals surface area (Å²) in [6.45, 7) is 3.97. The zero-order valence-electron chi connectivity index (χ0n) is 19.2. The molecule has 0 atom stereocenters. The summed E-state index contributed by atoms with van der Waals surface area (Å²) in [5.41, 5.74) is 3.53. The number of hydrogen-bond acceptors (Lipinski definition) is 7. The number of nitro groups is 1. The highest BCUT2D eigenvalue weighted by molar-refractivity contribution is 9.10. The topological polar surface area (TPSA) is 100 Å². The van der Waals surface area contributed by atoms with Gasteiger partial charge in [-0.25, -0.2) is 9.79 Å². The van der Waals surface area contributed by atoms with Gasteiger partial charge in [0.2, 0.25) is 5.90 Å². The number of methoxy groups -OCH3 is 1. The van der Waals surface area contributed by atoms with Crippen molar-refractivity contribution in [1.82, 2.24) is 0 Å². The van der Waals surface area contributed by atoms with E-state index in [-0.39, 0.29) is 17.3 Å². The molecule has 3 aromatic rings. The summed E-state index contributed by atoms with van der Waals surface area (Å²) in [5.74, 6) is 0.373. The van der Waals surface area contributed by atoms with E-state index in [1.54, 1.807) is 31.2 Å². The Morgan fingerprint density at radius 2 is 1.91 bits per heavy atom. The minimum absolute atomic E-state index is 0.0200. The van der Waals surface area contributed by atoms with E-state index in [1.807, 2.05) is 31.2 Å². The number of benzene rings is 3. The first kappa shape index (κ1) is 24.2. The zero-order chi connectivity index (χ0) is 25.1. The Morgan fingerprint density at radius 1 is 1.14 bits per heavy atom. The van der Waals surface area contributed by atoms with Crippen LogP contribution in [-0.4, -0.2) is 23.9 Å². The lowest BCUT2D eigenvalue weighted by Crippen LogP contribution is -2.08. The third kappa shape index (κ3) is 5.25. The molecule has 0 N–H and O–H groups in total. The van der Waals surface area contributed by atoms with Crippen LogP contribution in [0, 0.1) is 24.0 Å². The average molecular weight is 537 g/mol. The quantitative estimate of drug-likeness (QED) is 0.161. The first-order valence-electron chi connectivity index (χ1n) is 10.6. The highest BCUT2D eigenvalue weighted by atomic mass is 79.9. The number of nitrogens with zero attached hydrogens (tertiary/aromatic N) is 2. The van der Waals surface area contributed by atoms with Crippen molar-refractivity contribution >= 4 is 39.6 Å². The van der Waals surface area contributed by atoms with Gasteiger partial charge in [0.15, 0.2) is 17.2 Å². The van der Waals surface area contributed by atoms with Gasteiger partial charge in [0.25, 0.3) is 5.69 Å². The molecular weight excluding hydrogens is 516 g/mol. The van der Waals surface area contributed by atoms with Crippen LogP contribution in [0.15, 0.2) is 69.8 Å². The monoisotopic (exact) mass is 536 g/mol. The Morgan fingerprint density at radius 3 is 2.63 bits per heavy atom. The van der Waals surface area contributed by atoms with Crippen LogP contribution < -0.4 is 9.47 Å². The molecule has 9 heteroatoms. The molecule has 1 aliphatic rings. The van der Waals surface area contributed by atoms with Gasteiger partial charge < -0.3 is 14.2 Å². The van der Waals surface area contributed by atoms with Crippen LogP contribution in [0.2, 0.25) is 0 Å². The van der Waals surface area contributed by atoms with Crippen molar-refractivity contribution in [2.45, 2.75) is 20.5 Å². The van der Waals surface area contributed by atoms with Crippen molar-refractivity contribution in [3.8, 4) is 11.5 Å². The lowest BCUT2D eigenvalue weighted by molar-refractivity contribution is -0.385. The van der Waals surface area contributed by atoms with Crippen LogP contribution in [0.3, 0.4) is 0 Å². The number of halogens is 1. The molecule has 3 aromatic carbocycles. The standard InChI is InChI=1S/C26H21BrN2O6/c1-15-6-4-7-17(10-15)14-34-24-20(27)11-18(13-23(24)33-3)12-21-26(30)35-25(28-21)19-8-5-9-22(16(19)2)29(31)32/h4-13H,14H2,1-3H3/b21-12-. The summed E-state index contributed by atoms with van der Waals surface area (Å²) in [5, 5.41) is 11.2. The highest BCUT2D eigenvalue weighted by Crippen LogP contribution is 2.38. The third-order valence-electron chi connectivity index (χ3n) is 5.37. The van der Waals surface area contributed by atoms with Crippen molar-refractivity contribution in [1.29, 1.82) is 0 Å². The van der Waals surface area contributed by atoms with Gasteiger partial charge in [0, 0.05) is 17.2 Å². The van der Waals surface area contributed by atoms with Gasteiger partial charge in [0.05, 0.1) is 16.5 Å². The summed E-state index contributed by atoms with van der Waals surface area (Å²) in [7, 11) is 1.53. The minimum Gasteiger partial charge on any atom is -0.493 e. The van der Waals surface area contributed by atoms with Gasteiger partial charge in [-0.2, -0.15) is 0 Å². The Balaban J connectivity index is 1.62. The molecule has 0 bridgehead atoms. The van der Waals surface area contributed by atoms with E-state index in [0.29, 0.717) is 39.3 Å². The number of cyclic esters (lactones) is 1. The number of carbonyl (C=O) groups is 1. The number of aryl methyl sites for hydroxylation is 1. The second kappa shape index (κ2) is 10.1. The van der Waals surface area contributed by atoms with Gasteiger partial charge in [0.1, 0.15) is 6.61 Å². The largest absolute Gasteiger partial charge is 0.493 e. The molecule has 0 unspecified atom stereocenters.